The molecule has 0 radical (unpaired) electrons. The molecular formula is C17H24O3. The van der Waals surface area contributed by atoms with Gasteiger partial charge in [0.1, 0.15) is 11.4 Å². The summed E-state index contributed by atoms with van der Waals surface area (Å²) in [5.41, 5.74) is 2.23. The monoisotopic (exact) mass is 276 g/mol. The normalized spacial score (nSPS) is 16.6. The first-order chi connectivity index (χ1) is 9.46. The lowest BCUT2D eigenvalue weighted by atomic mass is 9.77. The first-order valence-electron chi connectivity index (χ1n) is 7.32. The second-order valence-electron chi connectivity index (χ2n) is 6.06. The number of benzene rings is 1. The zero-order chi connectivity index (χ0) is 14.8. The number of esters is 1. The van der Waals surface area contributed by atoms with Crippen molar-refractivity contribution in [2.24, 2.45) is 0 Å². The number of hydrogen-bond acceptors (Lipinski definition) is 3. The molecule has 0 spiro atoms. The highest BCUT2D eigenvalue weighted by molar-refractivity contribution is 5.70. The number of methoxy groups -OCH3 is 1. The smallest absolute Gasteiger partial charge is 0.309 e. The lowest BCUT2D eigenvalue weighted by molar-refractivity contribution is -0.148. The maximum Gasteiger partial charge on any atom is 0.309 e. The third kappa shape index (κ3) is 3.14. The Hall–Kier alpha value is -1.51. The number of aryl methyl sites for hydroxylation is 1. The summed E-state index contributed by atoms with van der Waals surface area (Å²) < 4.78 is 10.9. The Kier molecular flexibility index (Phi) is 4.36. The molecule has 1 saturated carbocycles. The van der Waals surface area contributed by atoms with Crippen molar-refractivity contribution in [3.8, 4) is 5.75 Å². The SMILES string of the molecule is COC(=O)CC1(Oc2ccc(C(C)C)c(C)c2)CCC1. The molecule has 2 rings (SSSR count). The molecule has 3 heteroatoms. The number of carbonyl (C=O) groups excluding carboxylic acids is 1. The van der Waals surface area contributed by atoms with E-state index in [1.807, 2.05) is 6.07 Å². The average molecular weight is 276 g/mol. The zero-order valence-electron chi connectivity index (χ0n) is 12.9. The van der Waals surface area contributed by atoms with E-state index in [0.717, 1.165) is 25.0 Å². The first-order valence-corrected chi connectivity index (χ1v) is 7.32. The van der Waals surface area contributed by atoms with Crippen LogP contribution in [0.1, 0.15) is 56.6 Å². The van der Waals surface area contributed by atoms with Gasteiger partial charge < -0.3 is 9.47 Å². The number of rotatable bonds is 5. The van der Waals surface area contributed by atoms with Crippen LogP contribution in [0.2, 0.25) is 0 Å². The van der Waals surface area contributed by atoms with Crippen molar-refractivity contribution < 1.29 is 14.3 Å². The molecule has 20 heavy (non-hydrogen) atoms. The molecule has 3 nitrogen and oxygen atoms in total. The predicted octanol–water partition coefficient (Wildman–Crippen LogP) is 3.98. The molecule has 1 aliphatic rings. The van der Waals surface area contributed by atoms with Gasteiger partial charge in [-0.3, -0.25) is 4.79 Å². The van der Waals surface area contributed by atoms with Gasteiger partial charge in [-0.2, -0.15) is 0 Å². The minimum atomic E-state index is -0.348. The van der Waals surface area contributed by atoms with Crippen molar-refractivity contribution in [1.82, 2.24) is 0 Å². The predicted molar refractivity (Wildman–Crippen MR) is 79.1 cm³/mol. The minimum absolute atomic E-state index is 0.194. The van der Waals surface area contributed by atoms with Gasteiger partial charge in [-0.15, -0.1) is 0 Å². The summed E-state index contributed by atoms with van der Waals surface area (Å²) in [5.74, 6) is 1.17. The molecule has 1 aliphatic carbocycles. The molecule has 0 amide bonds. The van der Waals surface area contributed by atoms with Gasteiger partial charge >= 0.3 is 5.97 Å². The highest BCUT2D eigenvalue weighted by Crippen LogP contribution is 2.40. The Bertz CT molecular complexity index is 487. The number of ether oxygens (including phenoxy) is 2. The standard InChI is InChI=1S/C17H24O3/c1-12(2)15-7-6-14(10-13(15)3)20-17(8-5-9-17)11-16(18)19-4/h6-7,10,12H,5,8-9,11H2,1-4H3. The Morgan fingerprint density at radius 3 is 2.50 bits per heavy atom. The molecule has 1 aromatic rings. The van der Waals surface area contributed by atoms with E-state index >= 15 is 0 Å². The van der Waals surface area contributed by atoms with Crippen molar-refractivity contribution >= 4 is 5.97 Å². The molecule has 1 aromatic carbocycles. The molecule has 0 aliphatic heterocycles. The van der Waals surface area contributed by atoms with E-state index in [-0.39, 0.29) is 11.6 Å². The highest BCUT2D eigenvalue weighted by Gasteiger charge is 2.41. The molecule has 0 saturated heterocycles. The maximum absolute atomic E-state index is 11.5. The molecule has 0 atom stereocenters. The summed E-state index contributed by atoms with van der Waals surface area (Å²) in [4.78, 5) is 11.5. The molecule has 1 fully saturated rings. The Labute approximate surface area is 121 Å². The van der Waals surface area contributed by atoms with E-state index in [0.29, 0.717) is 12.3 Å². The summed E-state index contributed by atoms with van der Waals surface area (Å²) in [7, 11) is 1.43. The van der Waals surface area contributed by atoms with Gasteiger partial charge in [-0.25, -0.2) is 0 Å². The van der Waals surface area contributed by atoms with Gasteiger partial charge in [0.25, 0.3) is 0 Å². The van der Waals surface area contributed by atoms with Crippen LogP contribution in [-0.4, -0.2) is 18.7 Å². The van der Waals surface area contributed by atoms with Crippen LogP contribution in [0.5, 0.6) is 5.75 Å². The minimum Gasteiger partial charge on any atom is -0.487 e. The molecular weight excluding hydrogens is 252 g/mol. The summed E-state index contributed by atoms with van der Waals surface area (Å²) >= 11 is 0. The number of carbonyl (C=O) groups is 1. The first kappa shape index (κ1) is 14.9. The van der Waals surface area contributed by atoms with Crippen molar-refractivity contribution in [2.75, 3.05) is 7.11 Å². The Morgan fingerprint density at radius 1 is 1.35 bits per heavy atom. The van der Waals surface area contributed by atoms with Crippen LogP contribution in [0, 0.1) is 6.92 Å². The van der Waals surface area contributed by atoms with Crippen molar-refractivity contribution in [3.05, 3.63) is 29.3 Å². The van der Waals surface area contributed by atoms with Gasteiger partial charge in [0.05, 0.1) is 13.5 Å². The second-order valence-corrected chi connectivity index (χ2v) is 6.06. The van der Waals surface area contributed by atoms with E-state index in [2.05, 4.69) is 32.9 Å². The lowest BCUT2D eigenvalue weighted by Crippen LogP contribution is -2.45. The molecule has 110 valence electrons. The fourth-order valence-electron chi connectivity index (χ4n) is 2.83. The molecule has 0 unspecified atom stereocenters. The number of hydrogen-bond donors (Lipinski definition) is 0. The Morgan fingerprint density at radius 2 is 2.05 bits per heavy atom. The largest absolute Gasteiger partial charge is 0.487 e. The second kappa shape index (κ2) is 5.86. The Balaban J connectivity index is 2.12. The van der Waals surface area contributed by atoms with Crippen LogP contribution in [0.25, 0.3) is 0 Å². The van der Waals surface area contributed by atoms with Crippen molar-refractivity contribution in [2.45, 2.75) is 58.0 Å². The summed E-state index contributed by atoms with van der Waals surface area (Å²) in [5, 5.41) is 0. The third-order valence-corrected chi connectivity index (χ3v) is 4.16. The van der Waals surface area contributed by atoms with E-state index in [1.165, 1.54) is 18.2 Å². The maximum atomic E-state index is 11.5. The van der Waals surface area contributed by atoms with Crippen LogP contribution in [0.3, 0.4) is 0 Å². The summed E-state index contributed by atoms with van der Waals surface area (Å²) in [6.07, 6.45) is 3.30. The molecule has 0 N–H and O–H groups in total. The van der Waals surface area contributed by atoms with Crippen LogP contribution >= 0.6 is 0 Å². The molecule has 0 bridgehead atoms. The van der Waals surface area contributed by atoms with Crippen molar-refractivity contribution in [3.63, 3.8) is 0 Å². The lowest BCUT2D eigenvalue weighted by Gasteiger charge is -2.41. The highest BCUT2D eigenvalue weighted by atomic mass is 16.5. The average Bonchev–Trinajstić information content (AvgIpc) is 2.35. The van der Waals surface area contributed by atoms with Crippen LogP contribution in [0.15, 0.2) is 18.2 Å². The van der Waals surface area contributed by atoms with Crippen LogP contribution in [-0.2, 0) is 9.53 Å². The third-order valence-electron chi connectivity index (χ3n) is 4.16. The van der Waals surface area contributed by atoms with E-state index in [4.69, 9.17) is 9.47 Å². The van der Waals surface area contributed by atoms with E-state index in [1.54, 1.807) is 0 Å². The van der Waals surface area contributed by atoms with E-state index < -0.39 is 0 Å². The zero-order valence-corrected chi connectivity index (χ0v) is 12.9. The van der Waals surface area contributed by atoms with Gasteiger partial charge in [-0.1, -0.05) is 19.9 Å². The van der Waals surface area contributed by atoms with Crippen LogP contribution in [0.4, 0.5) is 0 Å². The van der Waals surface area contributed by atoms with E-state index in [9.17, 15) is 4.79 Å². The molecule has 0 aromatic heterocycles. The van der Waals surface area contributed by atoms with Crippen LogP contribution < -0.4 is 4.74 Å². The fraction of sp³-hybridized carbons (Fsp3) is 0.588. The van der Waals surface area contributed by atoms with Gasteiger partial charge in [-0.05, 0) is 55.4 Å². The summed E-state index contributed by atoms with van der Waals surface area (Å²) in [6, 6.07) is 6.21. The van der Waals surface area contributed by atoms with Crippen molar-refractivity contribution in [1.29, 1.82) is 0 Å². The quantitative estimate of drug-likeness (QED) is 0.763. The van der Waals surface area contributed by atoms with Gasteiger partial charge in [0, 0.05) is 0 Å². The fourth-order valence-corrected chi connectivity index (χ4v) is 2.83. The molecule has 0 heterocycles. The van der Waals surface area contributed by atoms with Gasteiger partial charge in [0.2, 0.25) is 0 Å². The summed E-state index contributed by atoms with van der Waals surface area (Å²) in [6.45, 7) is 6.48. The van der Waals surface area contributed by atoms with Gasteiger partial charge in [0.15, 0.2) is 0 Å². The topological polar surface area (TPSA) is 35.5 Å².